The first-order valence-electron chi connectivity index (χ1n) is 8.03. The molecule has 0 aliphatic carbocycles. The number of amides is 1. The van der Waals surface area contributed by atoms with Crippen LogP contribution in [0.5, 0.6) is 0 Å². The molecule has 25 heavy (non-hydrogen) atoms. The van der Waals surface area contributed by atoms with Crippen LogP contribution in [0.2, 0.25) is 0 Å². The van der Waals surface area contributed by atoms with E-state index in [4.69, 9.17) is 0 Å². The Morgan fingerprint density at radius 1 is 1.20 bits per heavy atom. The number of sulfonamides is 1. The van der Waals surface area contributed by atoms with E-state index in [1.165, 1.54) is 0 Å². The fraction of sp³-hybridized carbons (Fsp3) is 0.333. The maximum Gasteiger partial charge on any atom is 0.239 e. The molecule has 0 saturated carbocycles. The summed E-state index contributed by atoms with van der Waals surface area (Å²) in [6.07, 6.45) is 5.07. The van der Waals surface area contributed by atoms with Crippen molar-refractivity contribution in [3.8, 4) is 0 Å². The lowest BCUT2D eigenvalue weighted by atomic mass is 10.1. The number of carbonyl (C=O) groups is 1. The standard InChI is InChI=1S/C18H23N3O3S/c1-4-16-7-5-6-14(2)18(16)20-17(22)13-21(25(3,23)24)12-15-8-10-19-11-9-15/h5-11H,4,12-13H2,1-3H3,(H,20,22). The number of nitrogens with one attached hydrogen (secondary N) is 1. The van der Waals surface area contributed by atoms with Gasteiger partial charge in [0, 0.05) is 24.6 Å². The molecule has 1 N–H and O–H groups in total. The maximum absolute atomic E-state index is 12.5. The summed E-state index contributed by atoms with van der Waals surface area (Å²) >= 11 is 0. The molecule has 1 aromatic heterocycles. The third-order valence-corrected chi connectivity index (χ3v) is 5.10. The van der Waals surface area contributed by atoms with Gasteiger partial charge in [-0.3, -0.25) is 9.78 Å². The Morgan fingerprint density at radius 3 is 2.48 bits per heavy atom. The molecule has 0 aliphatic rings. The van der Waals surface area contributed by atoms with E-state index in [0.717, 1.165) is 39.4 Å². The number of aromatic nitrogens is 1. The van der Waals surface area contributed by atoms with Crippen LogP contribution in [-0.4, -0.2) is 36.4 Å². The van der Waals surface area contributed by atoms with Gasteiger partial charge in [0.1, 0.15) is 0 Å². The maximum atomic E-state index is 12.5. The molecule has 1 aromatic carbocycles. The molecule has 134 valence electrons. The second-order valence-corrected chi connectivity index (χ2v) is 7.88. The van der Waals surface area contributed by atoms with Gasteiger partial charge >= 0.3 is 0 Å². The number of pyridine rings is 1. The lowest BCUT2D eigenvalue weighted by molar-refractivity contribution is -0.116. The Bertz CT molecular complexity index is 836. The van der Waals surface area contributed by atoms with Crippen molar-refractivity contribution in [1.82, 2.24) is 9.29 Å². The zero-order valence-corrected chi connectivity index (χ0v) is 15.5. The summed E-state index contributed by atoms with van der Waals surface area (Å²) < 4.78 is 25.2. The SMILES string of the molecule is CCc1cccc(C)c1NC(=O)CN(Cc1ccncc1)S(C)(=O)=O. The highest BCUT2D eigenvalue weighted by molar-refractivity contribution is 7.88. The van der Waals surface area contributed by atoms with Gasteiger partial charge in [0.25, 0.3) is 0 Å². The van der Waals surface area contributed by atoms with Gasteiger partial charge in [0.15, 0.2) is 0 Å². The highest BCUT2D eigenvalue weighted by Gasteiger charge is 2.21. The lowest BCUT2D eigenvalue weighted by Crippen LogP contribution is -2.37. The summed E-state index contributed by atoms with van der Waals surface area (Å²) in [5.74, 6) is -0.358. The van der Waals surface area contributed by atoms with Crippen molar-refractivity contribution in [3.63, 3.8) is 0 Å². The molecule has 2 aromatic rings. The van der Waals surface area contributed by atoms with Crippen molar-refractivity contribution >= 4 is 21.6 Å². The van der Waals surface area contributed by atoms with Crippen molar-refractivity contribution in [2.24, 2.45) is 0 Å². The number of hydrogen-bond donors (Lipinski definition) is 1. The molecule has 1 amide bonds. The summed E-state index contributed by atoms with van der Waals surface area (Å²) in [5, 5.41) is 2.86. The van der Waals surface area contributed by atoms with Crippen LogP contribution in [0.3, 0.4) is 0 Å². The Labute approximate surface area is 148 Å². The van der Waals surface area contributed by atoms with Gasteiger partial charge in [0.2, 0.25) is 15.9 Å². The second-order valence-electron chi connectivity index (χ2n) is 5.90. The third kappa shape index (κ3) is 5.37. The molecule has 0 spiro atoms. The molecule has 0 saturated heterocycles. The van der Waals surface area contributed by atoms with Crippen LogP contribution in [0.1, 0.15) is 23.6 Å². The van der Waals surface area contributed by atoms with Gasteiger partial charge in [-0.05, 0) is 42.2 Å². The topological polar surface area (TPSA) is 79.4 Å². The van der Waals surface area contributed by atoms with Crippen LogP contribution in [0.15, 0.2) is 42.7 Å². The van der Waals surface area contributed by atoms with E-state index < -0.39 is 10.0 Å². The largest absolute Gasteiger partial charge is 0.324 e. The van der Waals surface area contributed by atoms with E-state index >= 15 is 0 Å². The minimum absolute atomic E-state index is 0.128. The van der Waals surface area contributed by atoms with Gasteiger partial charge in [0.05, 0.1) is 12.8 Å². The molecule has 7 heteroatoms. The van der Waals surface area contributed by atoms with E-state index in [-0.39, 0.29) is 19.0 Å². The molecule has 1 heterocycles. The molecule has 0 aliphatic heterocycles. The minimum atomic E-state index is -3.52. The Balaban J connectivity index is 2.15. The molecule has 2 rings (SSSR count). The summed E-state index contributed by atoms with van der Waals surface area (Å²) in [4.78, 5) is 16.4. The molecule has 0 unspecified atom stereocenters. The van der Waals surface area contributed by atoms with E-state index in [1.54, 1.807) is 24.5 Å². The van der Waals surface area contributed by atoms with Gasteiger partial charge in [-0.2, -0.15) is 4.31 Å². The molecular weight excluding hydrogens is 338 g/mol. The molecule has 6 nitrogen and oxygen atoms in total. The number of aryl methyl sites for hydroxylation is 2. The third-order valence-electron chi connectivity index (χ3n) is 3.90. The first-order valence-corrected chi connectivity index (χ1v) is 9.88. The number of hydrogen-bond acceptors (Lipinski definition) is 4. The predicted molar refractivity (Wildman–Crippen MR) is 98.7 cm³/mol. The molecule has 0 fully saturated rings. The van der Waals surface area contributed by atoms with Gasteiger partial charge in [-0.15, -0.1) is 0 Å². The Kier molecular flexibility index (Phi) is 6.27. The van der Waals surface area contributed by atoms with Crippen molar-refractivity contribution in [2.45, 2.75) is 26.8 Å². The zero-order valence-electron chi connectivity index (χ0n) is 14.7. The monoisotopic (exact) mass is 361 g/mol. The summed E-state index contributed by atoms with van der Waals surface area (Å²) in [6.45, 7) is 3.82. The number of carbonyl (C=O) groups excluding carboxylic acids is 1. The molecule has 0 atom stereocenters. The van der Waals surface area contributed by atoms with Crippen LogP contribution in [0.25, 0.3) is 0 Å². The molecule has 0 radical (unpaired) electrons. The van der Waals surface area contributed by atoms with Crippen molar-refractivity contribution in [2.75, 3.05) is 18.1 Å². The zero-order chi connectivity index (χ0) is 18.4. The smallest absolute Gasteiger partial charge is 0.239 e. The van der Waals surface area contributed by atoms with Crippen LogP contribution < -0.4 is 5.32 Å². The van der Waals surface area contributed by atoms with E-state index in [1.807, 2.05) is 32.0 Å². The average Bonchev–Trinajstić information content (AvgIpc) is 2.56. The van der Waals surface area contributed by atoms with Crippen molar-refractivity contribution in [3.05, 3.63) is 59.4 Å². The van der Waals surface area contributed by atoms with Gasteiger partial charge in [-0.25, -0.2) is 8.42 Å². The second kappa shape index (κ2) is 8.22. The van der Waals surface area contributed by atoms with Crippen molar-refractivity contribution in [1.29, 1.82) is 0 Å². The van der Waals surface area contributed by atoms with E-state index in [0.29, 0.717) is 0 Å². The number of anilines is 1. The molecule has 0 bridgehead atoms. The number of benzene rings is 1. The number of nitrogens with zero attached hydrogens (tertiary/aromatic N) is 2. The predicted octanol–water partition coefficient (Wildman–Crippen LogP) is 2.35. The first-order chi connectivity index (χ1) is 11.8. The van der Waals surface area contributed by atoms with E-state index in [9.17, 15) is 13.2 Å². The Hall–Kier alpha value is -2.25. The lowest BCUT2D eigenvalue weighted by Gasteiger charge is -2.20. The summed E-state index contributed by atoms with van der Waals surface area (Å²) in [5.41, 5.74) is 3.51. The van der Waals surface area contributed by atoms with Crippen LogP contribution >= 0.6 is 0 Å². The van der Waals surface area contributed by atoms with Gasteiger partial charge < -0.3 is 5.32 Å². The quantitative estimate of drug-likeness (QED) is 0.821. The fourth-order valence-electron chi connectivity index (χ4n) is 2.52. The van der Waals surface area contributed by atoms with Crippen LogP contribution in [0.4, 0.5) is 5.69 Å². The number of para-hydroxylation sites is 1. The first kappa shape index (κ1) is 19.1. The Morgan fingerprint density at radius 2 is 1.88 bits per heavy atom. The fourth-order valence-corrected chi connectivity index (χ4v) is 3.26. The van der Waals surface area contributed by atoms with Crippen molar-refractivity contribution < 1.29 is 13.2 Å². The van der Waals surface area contributed by atoms with Gasteiger partial charge in [-0.1, -0.05) is 25.1 Å². The summed E-state index contributed by atoms with van der Waals surface area (Å²) in [7, 11) is -3.52. The minimum Gasteiger partial charge on any atom is -0.324 e. The molecular formula is C18H23N3O3S. The van der Waals surface area contributed by atoms with Crippen LogP contribution in [0, 0.1) is 6.92 Å². The van der Waals surface area contributed by atoms with E-state index in [2.05, 4.69) is 10.3 Å². The summed E-state index contributed by atoms with van der Waals surface area (Å²) in [6, 6.07) is 9.27. The highest BCUT2D eigenvalue weighted by atomic mass is 32.2. The normalized spacial score (nSPS) is 11.5. The average molecular weight is 361 g/mol. The van der Waals surface area contributed by atoms with Crippen LogP contribution in [-0.2, 0) is 27.8 Å². The highest BCUT2D eigenvalue weighted by Crippen LogP contribution is 2.21. The number of rotatable bonds is 7.